The summed E-state index contributed by atoms with van der Waals surface area (Å²) >= 11 is 0. The molecule has 0 saturated heterocycles. The van der Waals surface area contributed by atoms with Crippen LogP contribution in [0.25, 0.3) is 11.0 Å². The molecule has 1 unspecified atom stereocenters. The summed E-state index contributed by atoms with van der Waals surface area (Å²) in [6, 6.07) is 11.8. The van der Waals surface area contributed by atoms with Crippen molar-refractivity contribution in [2.45, 2.75) is 32.9 Å². The maximum absolute atomic E-state index is 12.9. The highest BCUT2D eigenvalue weighted by atomic mass is 19.1. The lowest BCUT2D eigenvalue weighted by Gasteiger charge is -2.19. The zero-order valence-corrected chi connectivity index (χ0v) is 14.1. The van der Waals surface area contributed by atoms with Crippen molar-refractivity contribution in [3.8, 4) is 0 Å². The summed E-state index contributed by atoms with van der Waals surface area (Å²) in [7, 11) is 0. The number of benzene rings is 2. The van der Waals surface area contributed by atoms with Gasteiger partial charge in [-0.25, -0.2) is 9.37 Å². The van der Waals surface area contributed by atoms with Crippen LogP contribution in [0.4, 0.5) is 4.39 Å². The van der Waals surface area contributed by atoms with Gasteiger partial charge < -0.3 is 9.88 Å². The third-order valence-corrected chi connectivity index (χ3v) is 4.83. The number of rotatable bonds is 3. The molecule has 1 N–H and O–H groups in total. The van der Waals surface area contributed by atoms with Crippen molar-refractivity contribution in [3.63, 3.8) is 0 Å². The molecule has 25 heavy (non-hydrogen) atoms. The lowest BCUT2D eigenvalue weighted by atomic mass is 10.0. The Morgan fingerprint density at radius 1 is 1.28 bits per heavy atom. The molecule has 0 saturated carbocycles. The Balaban J connectivity index is 1.53. The number of aryl methyl sites for hydroxylation is 1. The number of hydrogen-bond acceptors (Lipinski definition) is 2. The smallest absolute Gasteiger partial charge is 0.251 e. The molecule has 5 heteroatoms. The molecule has 0 aliphatic carbocycles. The van der Waals surface area contributed by atoms with Crippen LogP contribution < -0.4 is 5.32 Å². The SMILES string of the molecule is CC1CCn2c(nc3cc(C(=O)NCc4ccc(F)cc4)ccc32)C1. The molecule has 1 aliphatic heterocycles. The van der Waals surface area contributed by atoms with E-state index in [0.717, 1.165) is 35.4 Å². The molecule has 0 fully saturated rings. The van der Waals surface area contributed by atoms with E-state index in [0.29, 0.717) is 18.0 Å². The van der Waals surface area contributed by atoms with Gasteiger partial charge in [0.25, 0.3) is 5.91 Å². The van der Waals surface area contributed by atoms with Crippen molar-refractivity contribution in [1.29, 1.82) is 0 Å². The summed E-state index contributed by atoms with van der Waals surface area (Å²) in [5.41, 5.74) is 3.43. The van der Waals surface area contributed by atoms with Gasteiger partial charge in [-0.2, -0.15) is 0 Å². The van der Waals surface area contributed by atoms with Crippen LogP contribution in [0, 0.1) is 11.7 Å². The Bertz CT molecular complexity index is 930. The van der Waals surface area contributed by atoms with Crippen LogP contribution in [0.1, 0.15) is 35.1 Å². The average molecular weight is 337 g/mol. The Labute approximate surface area is 145 Å². The van der Waals surface area contributed by atoms with Crippen LogP contribution in [0.5, 0.6) is 0 Å². The van der Waals surface area contributed by atoms with E-state index in [9.17, 15) is 9.18 Å². The summed E-state index contributed by atoms with van der Waals surface area (Å²) in [6.07, 6.45) is 2.15. The summed E-state index contributed by atoms with van der Waals surface area (Å²) in [5.74, 6) is 1.34. The number of halogens is 1. The van der Waals surface area contributed by atoms with Gasteiger partial charge in [-0.15, -0.1) is 0 Å². The number of nitrogens with one attached hydrogen (secondary N) is 1. The van der Waals surface area contributed by atoms with Gasteiger partial charge in [-0.3, -0.25) is 4.79 Å². The minimum atomic E-state index is -0.279. The summed E-state index contributed by atoms with van der Waals surface area (Å²) < 4.78 is 15.2. The number of imidazole rings is 1. The molecular weight excluding hydrogens is 317 g/mol. The quantitative estimate of drug-likeness (QED) is 0.792. The Hall–Kier alpha value is -2.69. The number of carbonyl (C=O) groups excluding carboxylic acids is 1. The van der Waals surface area contributed by atoms with Crippen LogP contribution in [0.3, 0.4) is 0 Å². The molecule has 4 rings (SSSR count). The molecule has 0 radical (unpaired) electrons. The van der Waals surface area contributed by atoms with E-state index in [4.69, 9.17) is 4.98 Å². The molecule has 0 bridgehead atoms. The molecule has 2 heterocycles. The Morgan fingerprint density at radius 3 is 2.88 bits per heavy atom. The molecule has 2 aromatic carbocycles. The molecule has 4 nitrogen and oxygen atoms in total. The third kappa shape index (κ3) is 3.14. The largest absolute Gasteiger partial charge is 0.348 e. The van der Waals surface area contributed by atoms with Gasteiger partial charge in [0.2, 0.25) is 0 Å². The first-order chi connectivity index (χ1) is 12.1. The maximum Gasteiger partial charge on any atom is 0.251 e. The molecule has 3 aromatic rings. The highest BCUT2D eigenvalue weighted by Crippen LogP contribution is 2.25. The molecule has 128 valence electrons. The fourth-order valence-electron chi connectivity index (χ4n) is 3.38. The van der Waals surface area contributed by atoms with Gasteiger partial charge in [0.1, 0.15) is 11.6 Å². The first-order valence-electron chi connectivity index (χ1n) is 8.62. The molecule has 1 aromatic heterocycles. The van der Waals surface area contributed by atoms with Gasteiger partial charge in [0.05, 0.1) is 11.0 Å². The van der Waals surface area contributed by atoms with Crippen molar-refractivity contribution < 1.29 is 9.18 Å². The number of hydrogen-bond donors (Lipinski definition) is 1. The topological polar surface area (TPSA) is 46.9 Å². The summed E-state index contributed by atoms with van der Waals surface area (Å²) in [5, 5.41) is 2.87. The molecule has 1 atom stereocenters. The monoisotopic (exact) mass is 337 g/mol. The fraction of sp³-hybridized carbons (Fsp3) is 0.300. The predicted octanol–water partition coefficient (Wildman–Crippen LogP) is 3.69. The summed E-state index contributed by atoms with van der Waals surface area (Å²) in [4.78, 5) is 17.1. The third-order valence-electron chi connectivity index (χ3n) is 4.83. The zero-order valence-electron chi connectivity index (χ0n) is 14.1. The van der Waals surface area contributed by atoms with Crippen molar-refractivity contribution >= 4 is 16.9 Å². The van der Waals surface area contributed by atoms with E-state index < -0.39 is 0 Å². The normalized spacial score (nSPS) is 16.6. The van der Waals surface area contributed by atoms with Crippen molar-refractivity contribution in [2.24, 2.45) is 5.92 Å². The minimum absolute atomic E-state index is 0.148. The maximum atomic E-state index is 12.9. The van der Waals surface area contributed by atoms with Crippen LogP contribution >= 0.6 is 0 Å². The van der Waals surface area contributed by atoms with Crippen molar-refractivity contribution in [2.75, 3.05) is 0 Å². The van der Waals surface area contributed by atoms with Gasteiger partial charge in [0.15, 0.2) is 0 Å². The van der Waals surface area contributed by atoms with Crippen LogP contribution in [-0.2, 0) is 19.5 Å². The molecule has 1 amide bonds. The lowest BCUT2D eigenvalue weighted by molar-refractivity contribution is 0.0951. The predicted molar refractivity (Wildman–Crippen MR) is 94.8 cm³/mol. The van der Waals surface area contributed by atoms with Gasteiger partial charge >= 0.3 is 0 Å². The Morgan fingerprint density at radius 2 is 2.08 bits per heavy atom. The van der Waals surface area contributed by atoms with Crippen LogP contribution in [-0.4, -0.2) is 15.5 Å². The van der Waals surface area contributed by atoms with Crippen molar-refractivity contribution in [3.05, 3.63) is 65.2 Å². The van der Waals surface area contributed by atoms with Crippen LogP contribution in [0.2, 0.25) is 0 Å². The first-order valence-corrected chi connectivity index (χ1v) is 8.62. The Kier molecular flexibility index (Phi) is 3.99. The second-order valence-electron chi connectivity index (χ2n) is 6.79. The molecule has 0 spiro atoms. The first kappa shape index (κ1) is 15.8. The number of nitrogens with zero attached hydrogens (tertiary/aromatic N) is 2. The number of fused-ring (bicyclic) bond motifs is 3. The second kappa shape index (κ2) is 6.31. The molecule has 1 aliphatic rings. The average Bonchev–Trinajstić information content (AvgIpc) is 2.97. The van der Waals surface area contributed by atoms with Gasteiger partial charge in [0, 0.05) is 25.1 Å². The second-order valence-corrected chi connectivity index (χ2v) is 6.79. The fourth-order valence-corrected chi connectivity index (χ4v) is 3.38. The van der Waals surface area contributed by atoms with Crippen LogP contribution in [0.15, 0.2) is 42.5 Å². The summed E-state index contributed by atoms with van der Waals surface area (Å²) in [6.45, 7) is 3.61. The van der Waals surface area contributed by atoms with E-state index in [1.54, 1.807) is 12.1 Å². The standard InChI is InChI=1S/C20H20FN3O/c1-13-8-9-24-18-7-4-15(11-17(18)23-19(24)10-13)20(25)22-12-14-2-5-16(21)6-3-14/h2-7,11,13H,8-10,12H2,1H3,(H,22,25). The minimum Gasteiger partial charge on any atom is -0.348 e. The number of aromatic nitrogens is 2. The van der Waals surface area contributed by atoms with E-state index in [2.05, 4.69) is 16.8 Å². The lowest BCUT2D eigenvalue weighted by Crippen LogP contribution is -2.22. The highest BCUT2D eigenvalue weighted by Gasteiger charge is 2.19. The van der Waals surface area contributed by atoms with E-state index >= 15 is 0 Å². The van der Waals surface area contributed by atoms with E-state index in [1.807, 2.05) is 18.2 Å². The van der Waals surface area contributed by atoms with Crippen molar-refractivity contribution in [1.82, 2.24) is 14.9 Å². The van der Waals surface area contributed by atoms with E-state index in [-0.39, 0.29) is 11.7 Å². The van der Waals surface area contributed by atoms with Gasteiger partial charge in [-0.1, -0.05) is 19.1 Å². The number of amides is 1. The van der Waals surface area contributed by atoms with E-state index in [1.165, 1.54) is 18.6 Å². The highest BCUT2D eigenvalue weighted by molar-refractivity contribution is 5.97. The zero-order chi connectivity index (χ0) is 17.4. The molecular formula is C20H20FN3O. The number of carbonyl (C=O) groups is 1. The van der Waals surface area contributed by atoms with Gasteiger partial charge in [-0.05, 0) is 48.2 Å².